The van der Waals surface area contributed by atoms with Crippen LogP contribution in [-0.4, -0.2) is 20.0 Å². The van der Waals surface area contributed by atoms with Crippen LogP contribution in [0.1, 0.15) is 17.3 Å². The lowest BCUT2D eigenvalue weighted by atomic mass is 10.1. The molecule has 0 saturated carbocycles. The van der Waals surface area contributed by atoms with Gasteiger partial charge in [-0.25, -0.2) is 4.68 Å². The minimum atomic E-state index is -0.435. The summed E-state index contributed by atoms with van der Waals surface area (Å²) in [6.07, 6.45) is -0.435. The highest BCUT2D eigenvalue weighted by Crippen LogP contribution is 2.29. The van der Waals surface area contributed by atoms with E-state index >= 15 is 0 Å². The predicted molar refractivity (Wildman–Crippen MR) is 113 cm³/mol. The molecule has 7 heteroatoms. The van der Waals surface area contributed by atoms with E-state index in [2.05, 4.69) is 15.6 Å². The van der Waals surface area contributed by atoms with E-state index in [1.54, 1.807) is 16.8 Å². The van der Waals surface area contributed by atoms with Crippen LogP contribution in [-0.2, 0) is 0 Å². The first-order valence-corrected chi connectivity index (χ1v) is 9.41. The molecule has 4 rings (SSSR count). The molecule has 4 aromatic rings. The Kier molecular flexibility index (Phi) is 5.07. The number of para-hydroxylation sites is 1. The zero-order valence-electron chi connectivity index (χ0n) is 14.0. The molecule has 4 nitrogen and oxygen atoms in total. The Morgan fingerprint density at radius 1 is 0.963 bits per heavy atom. The van der Waals surface area contributed by atoms with E-state index < -0.39 is 6.17 Å². The highest BCUT2D eigenvalue weighted by molar-refractivity contribution is 7.80. The number of hydrogen-bond donors (Lipinski definition) is 1. The molecule has 0 amide bonds. The maximum atomic E-state index is 6.49. The van der Waals surface area contributed by atoms with Crippen LogP contribution in [0, 0.1) is 0 Å². The van der Waals surface area contributed by atoms with Crippen LogP contribution in [0.4, 0.5) is 0 Å². The van der Waals surface area contributed by atoms with Crippen molar-refractivity contribution in [2.45, 2.75) is 6.17 Å². The first-order valence-electron chi connectivity index (χ1n) is 8.24. The second kappa shape index (κ2) is 7.64. The molecule has 0 aliphatic carbocycles. The van der Waals surface area contributed by atoms with Gasteiger partial charge in [0, 0.05) is 21.2 Å². The average molecular weight is 413 g/mol. The standard InChI is InChI=1S/C20H14Cl2N4S/c21-14-10-11-15(16(22)12-14)19(23-20(27)13-6-2-1-3-7-13)26-18-9-5-4-8-17(18)24-25-26/h1-12,19H,(H,23,27). The second-order valence-electron chi connectivity index (χ2n) is 5.93. The van der Waals surface area contributed by atoms with E-state index in [1.165, 1.54) is 0 Å². The number of rotatable bonds is 4. The van der Waals surface area contributed by atoms with Gasteiger partial charge in [-0.2, -0.15) is 0 Å². The summed E-state index contributed by atoms with van der Waals surface area (Å²) < 4.78 is 1.78. The highest BCUT2D eigenvalue weighted by Gasteiger charge is 2.22. The number of nitrogens with zero attached hydrogens (tertiary/aromatic N) is 3. The zero-order chi connectivity index (χ0) is 18.8. The lowest BCUT2D eigenvalue weighted by molar-refractivity contribution is 0.497. The fraction of sp³-hybridized carbons (Fsp3) is 0.0500. The largest absolute Gasteiger partial charge is 0.350 e. The van der Waals surface area contributed by atoms with E-state index in [0.717, 1.165) is 22.2 Å². The van der Waals surface area contributed by atoms with Crippen LogP contribution in [0.15, 0.2) is 72.8 Å². The van der Waals surface area contributed by atoms with Crippen LogP contribution in [0.25, 0.3) is 11.0 Å². The molecule has 1 atom stereocenters. The summed E-state index contributed by atoms with van der Waals surface area (Å²) in [4.78, 5) is 0.589. The molecular weight excluding hydrogens is 399 g/mol. The lowest BCUT2D eigenvalue weighted by Crippen LogP contribution is -2.33. The fourth-order valence-corrected chi connectivity index (χ4v) is 3.63. The van der Waals surface area contributed by atoms with E-state index in [4.69, 9.17) is 35.4 Å². The van der Waals surface area contributed by atoms with Crippen molar-refractivity contribution in [3.8, 4) is 0 Å². The van der Waals surface area contributed by atoms with Gasteiger partial charge in [-0.3, -0.25) is 0 Å². The quantitative estimate of drug-likeness (QED) is 0.464. The van der Waals surface area contributed by atoms with E-state index in [-0.39, 0.29) is 0 Å². The Morgan fingerprint density at radius 2 is 1.70 bits per heavy atom. The highest BCUT2D eigenvalue weighted by atomic mass is 35.5. The van der Waals surface area contributed by atoms with Crippen molar-refractivity contribution >= 4 is 51.4 Å². The summed E-state index contributed by atoms with van der Waals surface area (Å²) in [5.74, 6) is 0. The Labute approximate surface area is 171 Å². The third kappa shape index (κ3) is 3.67. The van der Waals surface area contributed by atoms with Gasteiger partial charge in [-0.1, -0.05) is 89.2 Å². The van der Waals surface area contributed by atoms with E-state index in [0.29, 0.717) is 15.0 Å². The van der Waals surface area contributed by atoms with Crippen LogP contribution < -0.4 is 5.32 Å². The smallest absolute Gasteiger partial charge is 0.151 e. The molecular formula is C20H14Cl2N4S. The molecule has 0 bridgehead atoms. The van der Waals surface area contributed by atoms with Gasteiger partial charge in [-0.15, -0.1) is 5.10 Å². The average Bonchev–Trinajstić information content (AvgIpc) is 3.11. The van der Waals surface area contributed by atoms with Gasteiger partial charge >= 0.3 is 0 Å². The Balaban J connectivity index is 1.81. The van der Waals surface area contributed by atoms with Crippen LogP contribution in [0.2, 0.25) is 10.0 Å². The second-order valence-corrected chi connectivity index (χ2v) is 7.18. The number of fused-ring (bicyclic) bond motifs is 1. The maximum absolute atomic E-state index is 6.49. The Morgan fingerprint density at radius 3 is 2.48 bits per heavy atom. The molecule has 1 unspecified atom stereocenters. The van der Waals surface area contributed by atoms with Crippen molar-refractivity contribution in [3.05, 3.63) is 94.0 Å². The molecule has 0 fully saturated rings. The van der Waals surface area contributed by atoms with Gasteiger partial charge in [0.25, 0.3) is 0 Å². The van der Waals surface area contributed by atoms with E-state index in [1.807, 2.05) is 60.7 Å². The topological polar surface area (TPSA) is 42.7 Å². The van der Waals surface area contributed by atoms with Crippen molar-refractivity contribution in [3.63, 3.8) is 0 Å². The van der Waals surface area contributed by atoms with Gasteiger partial charge in [-0.05, 0) is 24.3 Å². The van der Waals surface area contributed by atoms with Gasteiger partial charge in [0.05, 0.1) is 5.52 Å². The molecule has 1 N–H and O–H groups in total. The Hall–Kier alpha value is -2.47. The summed E-state index contributed by atoms with van der Waals surface area (Å²) >= 11 is 18.2. The number of aromatic nitrogens is 3. The molecule has 27 heavy (non-hydrogen) atoms. The van der Waals surface area contributed by atoms with Crippen LogP contribution >= 0.6 is 35.4 Å². The van der Waals surface area contributed by atoms with Crippen molar-refractivity contribution in [1.82, 2.24) is 20.3 Å². The third-order valence-corrected chi connectivity index (χ3v) is 5.10. The third-order valence-electron chi connectivity index (χ3n) is 4.18. The molecule has 134 valence electrons. The summed E-state index contributed by atoms with van der Waals surface area (Å²) in [6.45, 7) is 0. The van der Waals surface area contributed by atoms with E-state index in [9.17, 15) is 0 Å². The number of nitrogens with one attached hydrogen (secondary N) is 1. The molecule has 3 aromatic carbocycles. The SMILES string of the molecule is S=C(NC(c1ccc(Cl)cc1Cl)n1nnc2ccccc21)c1ccccc1. The van der Waals surface area contributed by atoms with Gasteiger partial charge < -0.3 is 5.32 Å². The van der Waals surface area contributed by atoms with Gasteiger partial charge in [0.15, 0.2) is 6.17 Å². The van der Waals surface area contributed by atoms with Crippen molar-refractivity contribution < 1.29 is 0 Å². The minimum Gasteiger partial charge on any atom is -0.350 e. The van der Waals surface area contributed by atoms with Crippen molar-refractivity contribution in [2.75, 3.05) is 0 Å². The maximum Gasteiger partial charge on any atom is 0.151 e. The molecule has 1 heterocycles. The Bertz CT molecular complexity index is 1110. The number of thiocarbonyl (C=S) groups is 1. The van der Waals surface area contributed by atoms with Crippen LogP contribution in [0.3, 0.4) is 0 Å². The lowest BCUT2D eigenvalue weighted by Gasteiger charge is -2.22. The van der Waals surface area contributed by atoms with Gasteiger partial charge in [0.2, 0.25) is 0 Å². The van der Waals surface area contributed by atoms with Gasteiger partial charge in [0.1, 0.15) is 10.5 Å². The molecule has 0 radical (unpaired) electrons. The normalized spacial score (nSPS) is 12.1. The summed E-state index contributed by atoms with van der Waals surface area (Å²) in [7, 11) is 0. The number of hydrogen-bond acceptors (Lipinski definition) is 3. The monoisotopic (exact) mass is 412 g/mol. The number of halogens is 2. The molecule has 0 saturated heterocycles. The number of benzene rings is 3. The first-order chi connectivity index (χ1) is 13.1. The molecule has 0 aliphatic rings. The fourth-order valence-electron chi connectivity index (χ4n) is 2.87. The summed E-state index contributed by atoms with van der Waals surface area (Å²) in [5, 5.41) is 13.0. The zero-order valence-corrected chi connectivity index (χ0v) is 16.3. The molecule has 0 spiro atoms. The first kappa shape index (κ1) is 17.9. The summed E-state index contributed by atoms with van der Waals surface area (Å²) in [5.41, 5.74) is 3.37. The molecule has 0 aliphatic heterocycles. The molecule has 1 aromatic heterocycles. The van der Waals surface area contributed by atoms with Crippen molar-refractivity contribution in [2.24, 2.45) is 0 Å². The predicted octanol–water partition coefficient (Wildman–Crippen LogP) is 5.25. The minimum absolute atomic E-state index is 0.435. The van der Waals surface area contributed by atoms with Crippen molar-refractivity contribution in [1.29, 1.82) is 0 Å². The van der Waals surface area contributed by atoms with Crippen LogP contribution in [0.5, 0.6) is 0 Å². The summed E-state index contributed by atoms with van der Waals surface area (Å²) in [6, 6.07) is 22.8.